The molecule has 0 aliphatic rings. The second-order valence-corrected chi connectivity index (χ2v) is 5.87. The van der Waals surface area contributed by atoms with Gasteiger partial charge in [-0.2, -0.15) is 0 Å². The molecule has 1 aromatic carbocycles. The first kappa shape index (κ1) is 17.5. The SMILES string of the molecule is COc1ccc2cc(NC(=O)COc3cn(C)c(C)cc3=O)cnc2c1. The van der Waals surface area contributed by atoms with Gasteiger partial charge in [-0.15, -0.1) is 0 Å². The Morgan fingerprint density at radius 2 is 2.08 bits per heavy atom. The maximum absolute atomic E-state index is 12.1. The standard InChI is InChI=1S/C19H19N3O4/c1-12-6-17(23)18(10-22(12)2)26-11-19(24)21-14-7-13-4-5-15(25-3)8-16(13)20-9-14/h4-10H,11H2,1-3H3,(H,21,24). The highest BCUT2D eigenvalue weighted by Gasteiger charge is 2.08. The lowest BCUT2D eigenvalue weighted by molar-refractivity contribution is -0.118. The van der Waals surface area contributed by atoms with Gasteiger partial charge in [0, 0.05) is 36.5 Å². The van der Waals surface area contributed by atoms with Gasteiger partial charge in [-0.05, 0) is 25.1 Å². The van der Waals surface area contributed by atoms with Gasteiger partial charge >= 0.3 is 0 Å². The molecule has 1 amide bonds. The molecule has 1 N–H and O–H groups in total. The minimum absolute atomic E-state index is 0.136. The van der Waals surface area contributed by atoms with Crippen molar-refractivity contribution in [2.45, 2.75) is 6.92 Å². The molecule has 0 atom stereocenters. The summed E-state index contributed by atoms with van der Waals surface area (Å²) in [5.74, 6) is 0.481. The zero-order valence-electron chi connectivity index (χ0n) is 14.8. The summed E-state index contributed by atoms with van der Waals surface area (Å²) in [4.78, 5) is 28.3. The summed E-state index contributed by atoms with van der Waals surface area (Å²) in [7, 11) is 3.40. The van der Waals surface area contributed by atoms with E-state index < -0.39 is 0 Å². The first-order valence-corrected chi connectivity index (χ1v) is 8.00. The number of fused-ring (bicyclic) bond motifs is 1. The van der Waals surface area contributed by atoms with E-state index in [1.807, 2.05) is 31.2 Å². The number of anilines is 1. The Labute approximate surface area is 150 Å². The molecule has 0 unspecified atom stereocenters. The Morgan fingerprint density at radius 1 is 1.27 bits per heavy atom. The van der Waals surface area contributed by atoms with Crippen LogP contribution in [0.3, 0.4) is 0 Å². The summed E-state index contributed by atoms with van der Waals surface area (Å²) in [6, 6.07) is 8.78. The number of rotatable bonds is 5. The molecule has 7 nitrogen and oxygen atoms in total. The molecule has 0 radical (unpaired) electrons. The second-order valence-electron chi connectivity index (χ2n) is 5.87. The number of carbonyl (C=O) groups is 1. The lowest BCUT2D eigenvalue weighted by Crippen LogP contribution is -2.22. The molecule has 134 valence electrons. The topological polar surface area (TPSA) is 82.5 Å². The number of benzene rings is 1. The monoisotopic (exact) mass is 353 g/mol. The van der Waals surface area contributed by atoms with E-state index in [9.17, 15) is 9.59 Å². The highest BCUT2D eigenvalue weighted by Crippen LogP contribution is 2.21. The van der Waals surface area contributed by atoms with E-state index in [0.717, 1.165) is 22.3 Å². The van der Waals surface area contributed by atoms with E-state index in [-0.39, 0.29) is 23.7 Å². The smallest absolute Gasteiger partial charge is 0.262 e. The number of pyridine rings is 2. The van der Waals surface area contributed by atoms with Crippen molar-refractivity contribution >= 4 is 22.5 Å². The Bertz CT molecular complexity index is 1030. The van der Waals surface area contributed by atoms with E-state index in [1.165, 1.54) is 6.07 Å². The first-order chi connectivity index (χ1) is 12.5. The predicted octanol–water partition coefficient (Wildman–Crippen LogP) is 2.27. The number of hydrogen-bond donors (Lipinski definition) is 1. The number of aryl methyl sites for hydroxylation is 2. The number of ether oxygens (including phenoxy) is 2. The number of amides is 1. The molecule has 0 aliphatic heterocycles. The van der Waals surface area contributed by atoms with Crippen molar-refractivity contribution in [2.75, 3.05) is 19.0 Å². The lowest BCUT2D eigenvalue weighted by Gasteiger charge is -2.10. The average molecular weight is 353 g/mol. The van der Waals surface area contributed by atoms with Gasteiger partial charge in [0.1, 0.15) is 5.75 Å². The summed E-state index contributed by atoms with van der Waals surface area (Å²) in [5.41, 5.74) is 1.87. The first-order valence-electron chi connectivity index (χ1n) is 8.00. The number of nitrogens with one attached hydrogen (secondary N) is 1. The molecule has 3 aromatic rings. The van der Waals surface area contributed by atoms with Crippen LogP contribution in [0.5, 0.6) is 11.5 Å². The Balaban J connectivity index is 1.67. The summed E-state index contributed by atoms with van der Waals surface area (Å²) < 4.78 is 12.3. The second kappa shape index (κ2) is 7.26. The zero-order valence-corrected chi connectivity index (χ0v) is 14.8. The van der Waals surface area contributed by atoms with Crippen LogP contribution in [0.15, 0.2) is 47.5 Å². The van der Waals surface area contributed by atoms with Crippen molar-refractivity contribution in [2.24, 2.45) is 7.05 Å². The van der Waals surface area contributed by atoms with E-state index >= 15 is 0 Å². The fourth-order valence-electron chi connectivity index (χ4n) is 2.45. The summed E-state index contributed by atoms with van der Waals surface area (Å²) in [5, 5.41) is 3.58. The van der Waals surface area contributed by atoms with Crippen molar-refractivity contribution < 1.29 is 14.3 Å². The fraction of sp³-hybridized carbons (Fsp3) is 0.211. The quantitative estimate of drug-likeness (QED) is 0.761. The third-order valence-corrected chi connectivity index (χ3v) is 3.98. The minimum Gasteiger partial charge on any atom is -0.497 e. The van der Waals surface area contributed by atoms with Gasteiger partial charge in [0.05, 0.1) is 24.5 Å². The normalized spacial score (nSPS) is 10.6. The summed E-state index contributed by atoms with van der Waals surface area (Å²) >= 11 is 0. The van der Waals surface area contributed by atoms with Crippen molar-refractivity contribution in [1.82, 2.24) is 9.55 Å². The molecule has 2 heterocycles. The van der Waals surface area contributed by atoms with Crippen LogP contribution in [0.25, 0.3) is 10.9 Å². The van der Waals surface area contributed by atoms with Crippen molar-refractivity contribution in [3.05, 3.63) is 58.6 Å². The van der Waals surface area contributed by atoms with E-state index in [4.69, 9.17) is 9.47 Å². The summed E-state index contributed by atoms with van der Waals surface area (Å²) in [6.45, 7) is 1.55. The largest absolute Gasteiger partial charge is 0.497 e. The van der Waals surface area contributed by atoms with Crippen LogP contribution in [-0.2, 0) is 11.8 Å². The molecule has 3 rings (SSSR count). The van der Waals surface area contributed by atoms with Gasteiger partial charge in [-0.1, -0.05) is 0 Å². The van der Waals surface area contributed by atoms with Crippen LogP contribution in [0.2, 0.25) is 0 Å². The molecule has 7 heteroatoms. The van der Waals surface area contributed by atoms with E-state index in [1.54, 1.807) is 31.1 Å². The zero-order chi connectivity index (χ0) is 18.7. The van der Waals surface area contributed by atoms with Crippen molar-refractivity contribution in [1.29, 1.82) is 0 Å². The van der Waals surface area contributed by atoms with Crippen molar-refractivity contribution in [3.8, 4) is 11.5 Å². The molecule has 0 saturated carbocycles. The molecule has 0 saturated heterocycles. The van der Waals surface area contributed by atoms with Gasteiger partial charge in [0.2, 0.25) is 5.43 Å². The lowest BCUT2D eigenvalue weighted by atomic mass is 10.2. The molecule has 0 spiro atoms. The van der Waals surface area contributed by atoms with Crippen LogP contribution < -0.4 is 20.2 Å². The highest BCUT2D eigenvalue weighted by atomic mass is 16.5. The number of carbonyl (C=O) groups excluding carboxylic acids is 1. The van der Waals surface area contributed by atoms with E-state index in [2.05, 4.69) is 10.3 Å². The molecule has 26 heavy (non-hydrogen) atoms. The van der Waals surface area contributed by atoms with Gasteiger partial charge in [-0.25, -0.2) is 0 Å². The van der Waals surface area contributed by atoms with Gasteiger partial charge in [0.25, 0.3) is 5.91 Å². The molecule has 2 aromatic heterocycles. The van der Waals surface area contributed by atoms with Gasteiger partial charge < -0.3 is 19.4 Å². The predicted molar refractivity (Wildman–Crippen MR) is 98.8 cm³/mol. The minimum atomic E-state index is -0.373. The summed E-state index contributed by atoms with van der Waals surface area (Å²) in [6.07, 6.45) is 3.13. The molecule has 0 aliphatic carbocycles. The van der Waals surface area contributed by atoms with Crippen LogP contribution in [0.4, 0.5) is 5.69 Å². The maximum Gasteiger partial charge on any atom is 0.262 e. The Kier molecular flexibility index (Phi) is 4.88. The highest BCUT2D eigenvalue weighted by molar-refractivity contribution is 5.94. The van der Waals surface area contributed by atoms with Crippen LogP contribution in [-0.4, -0.2) is 29.2 Å². The number of aromatic nitrogens is 2. The average Bonchev–Trinajstić information content (AvgIpc) is 2.63. The number of methoxy groups -OCH3 is 1. The Hall–Kier alpha value is -3.35. The molecular weight excluding hydrogens is 334 g/mol. The van der Waals surface area contributed by atoms with E-state index in [0.29, 0.717) is 5.69 Å². The molecule has 0 fully saturated rings. The maximum atomic E-state index is 12.1. The third kappa shape index (κ3) is 3.83. The Morgan fingerprint density at radius 3 is 2.85 bits per heavy atom. The number of nitrogens with zero attached hydrogens (tertiary/aromatic N) is 2. The van der Waals surface area contributed by atoms with Crippen LogP contribution in [0, 0.1) is 6.92 Å². The van der Waals surface area contributed by atoms with Crippen molar-refractivity contribution in [3.63, 3.8) is 0 Å². The third-order valence-electron chi connectivity index (χ3n) is 3.98. The fourth-order valence-corrected chi connectivity index (χ4v) is 2.45. The van der Waals surface area contributed by atoms with Gasteiger partial charge in [-0.3, -0.25) is 14.6 Å². The van der Waals surface area contributed by atoms with Crippen LogP contribution in [0.1, 0.15) is 5.69 Å². The number of hydrogen-bond acceptors (Lipinski definition) is 5. The molecule has 0 bridgehead atoms. The van der Waals surface area contributed by atoms with Gasteiger partial charge in [0.15, 0.2) is 12.4 Å². The molecular formula is C19H19N3O4. The van der Waals surface area contributed by atoms with Crippen LogP contribution >= 0.6 is 0 Å².